The summed E-state index contributed by atoms with van der Waals surface area (Å²) in [6, 6.07) is 73.4. The van der Waals surface area contributed by atoms with Crippen molar-refractivity contribution < 1.29 is 0 Å². The topological polar surface area (TPSA) is 6.48 Å². The number of fused-ring (bicyclic) bond motifs is 8. The Kier molecular flexibility index (Phi) is 14.2. The first kappa shape index (κ1) is 66.0. The third-order valence-corrected chi connectivity index (χ3v) is 23.3. The minimum absolute atomic E-state index is 0.0827. The lowest BCUT2D eigenvalue weighted by molar-refractivity contribution is 0.550. The zero-order valence-electron chi connectivity index (χ0n) is 64.4. The summed E-state index contributed by atoms with van der Waals surface area (Å²) in [6.07, 6.45) is 0. The van der Waals surface area contributed by atoms with Crippen LogP contribution in [0, 0.1) is 0 Å². The van der Waals surface area contributed by atoms with Gasteiger partial charge in [0, 0.05) is 34.1 Å². The molecule has 4 heterocycles. The molecule has 0 aromatic heterocycles. The highest BCUT2D eigenvalue weighted by atomic mass is 15.2. The average Bonchev–Trinajstić information content (AvgIpc) is 0.662. The summed E-state index contributed by atoms with van der Waals surface area (Å²) in [5.41, 5.74) is 36.0. The molecule has 0 atom stereocenters. The van der Waals surface area contributed by atoms with Gasteiger partial charge in [0.2, 0.25) is 13.4 Å². The predicted octanol–water partition coefficient (Wildman–Crippen LogP) is 22.9. The molecule has 0 amide bonds. The van der Waals surface area contributed by atoms with Gasteiger partial charge in [0.05, 0.1) is 0 Å². The number of para-hydroxylation sites is 4. The highest BCUT2D eigenvalue weighted by Gasteiger charge is 2.48. The van der Waals surface area contributed by atoms with Gasteiger partial charge in [-0.15, -0.1) is 0 Å². The van der Waals surface area contributed by atoms with E-state index in [0.29, 0.717) is 0 Å². The first-order chi connectivity index (χ1) is 46.7. The van der Waals surface area contributed by atoms with Gasteiger partial charge in [0.25, 0.3) is 0 Å². The van der Waals surface area contributed by atoms with Crippen molar-refractivity contribution in [2.24, 2.45) is 0 Å². The maximum Gasteiger partial charge on any atom is 0.248 e. The quantitative estimate of drug-likeness (QED) is 0.128. The van der Waals surface area contributed by atoms with Gasteiger partial charge in [0.15, 0.2) is 0 Å². The van der Waals surface area contributed by atoms with Crippen molar-refractivity contribution in [2.45, 2.75) is 209 Å². The van der Waals surface area contributed by atoms with Gasteiger partial charge in [-0.05, 0) is 247 Å². The van der Waals surface area contributed by atoms with E-state index in [1.165, 1.54) is 188 Å². The van der Waals surface area contributed by atoms with E-state index < -0.39 is 0 Å². The van der Waals surface area contributed by atoms with E-state index in [4.69, 9.17) is 0 Å². The lowest BCUT2D eigenvalue weighted by Gasteiger charge is -2.43. The van der Waals surface area contributed by atoms with Crippen LogP contribution in [0.4, 0.5) is 34.1 Å². The zero-order chi connectivity index (χ0) is 71.2. The van der Waals surface area contributed by atoms with E-state index in [9.17, 15) is 0 Å². The second-order valence-electron chi connectivity index (χ2n) is 38.6. The van der Waals surface area contributed by atoms with Crippen molar-refractivity contribution in [3.63, 3.8) is 0 Å². The van der Waals surface area contributed by atoms with Crippen LogP contribution >= 0.6 is 0 Å². The van der Waals surface area contributed by atoms with E-state index in [1.807, 2.05) is 0 Å². The summed E-state index contributed by atoms with van der Waals surface area (Å²) in [7, 11) is 0. The smallest absolute Gasteiger partial charge is 0.248 e. The molecule has 0 unspecified atom stereocenters. The Balaban J connectivity index is 1.23. The molecule has 0 aliphatic carbocycles. The Morgan fingerprint density at radius 1 is 0.230 bits per heavy atom. The van der Waals surface area contributed by atoms with Crippen molar-refractivity contribution in [2.75, 3.05) is 9.80 Å². The molecule has 0 saturated heterocycles. The monoisotopic (exact) mass is 1300 g/mol. The van der Waals surface area contributed by atoms with Gasteiger partial charge in [-0.3, -0.25) is 0 Å². The normalized spacial score (nSPS) is 14.5. The van der Waals surface area contributed by atoms with Gasteiger partial charge in [-0.25, -0.2) is 0 Å². The lowest BCUT2D eigenvalue weighted by Crippen LogP contribution is -2.60. The summed E-state index contributed by atoms with van der Waals surface area (Å²) >= 11 is 0. The number of anilines is 6. The summed E-state index contributed by atoms with van der Waals surface area (Å²) in [6.45, 7) is 58.5. The van der Waals surface area contributed by atoms with E-state index >= 15 is 0 Å². The molecule has 502 valence electrons. The summed E-state index contributed by atoms with van der Waals surface area (Å²) in [4.78, 5) is 5.22. The van der Waals surface area contributed by atoms with E-state index in [-0.39, 0.29) is 56.7 Å². The first-order valence-corrected chi connectivity index (χ1v) is 37.2. The van der Waals surface area contributed by atoms with Crippen LogP contribution in [0.5, 0.6) is 0 Å². The first-order valence-electron chi connectivity index (χ1n) is 37.2. The Morgan fingerprint density at radius 2 is 0.520 bits per heavy atom. The maximum atomic E-state index is 2.79. The maximum absolute atomic E-state index is 2.79. The van der Waals surface area contributed by atoms with Crippen molar-refractivity contribution in [3.05, 3.63) is 226 Å². The fourth-order valence-corrected chi connectivity index (χ4v) is 18.0. The largest absolute Gasteiger partial charge is 0.311 e. The Morgan fingerprint density at radius 3 is 0.820 bits per heavy atom. The van der Waals surface area contributed by atoms with Crippen LogP contribution in [0.25, 0.3) is 76.8 Å². The molecule has 0 saturated carbocycles. The molecular weight excluding hydrogens is 1200 g/mol. The number of hydrogen-bond acceptors (Lipinski definition) is 2. The van der Waals surface area contributed by atoms with Crippen LogP contribution in [0.3, 0.4) is 0 Å². The molecule has 0 N–H and O–H groups in total. The van der Waals surface area contributed by atoms with Gasteiger partial charge in [-0.1, -0.05) is 298 Å². The molecule has 0 bridgehead atoms. The second-order valence-corrected chi connectivity index (χ2v) is 38.6. The fourth-order valence-electron chi connectivity index (χ4n) is 18.0. The number of benzene rings is 12. The van der Waals surface area contributed by atoms with Gasteiger partial charge in [0.1, 0.15) is 0 Å². The highest BCUT2D eigenvalue weighted by molar-refractivity contribution is 7.02. The standard InChI is InChI=1S/C96H102B2N2/c1-89(2,3)55-43-67-63-51-61(81-69(93(13,14)15)45-57(91(7,8)9)46-70(81)94(16,17)18)65-54-76-84-64(68-44-56(90(4,5)6)50-80-88(68)98(76)74-40-32-34-42-78(74)100(80)60-37-29-26-30-38-60)52-62(82-71(95(19,20)21)47-58(92(10,11)12)48-72(82)96(22,23)24)66-53-75(83(63)85(65)86(66)84)97-73-39-31-33-41-77(73)99(79(49-55)87(67)97)59-35-27-25-28-36-59/h25-54H,1-24H3. The molecular formula is C96H102B2N2. The zero-order valence-corrected chi connectivity index (χ0v) is 64.4. The number of rotatable bonds is 4. The Labute approximate surface area is 599 Å². The molecule has 0 radical (unpaired) electrons. The number of hydrogen-bond donors (Lipinski definition) is 0. The molecule has 100 heavy (non-hydrogen) atoms. The molecule has 2 nitrogen and oxygen atoms in total. The summed E-state index contributed by atoms with van der Waals surface area (Å²) in [5.74, 6) is 0. The fraction of sp³-hybridized carbons (Fsp3) is 0.333. The molecule has 16 rings (SSSR count). The molecule has 0 spiro atoms. The third kappa shape index (κ3) is 9.92. The van der Waals surface area contributed by atoms with Gasteiger partial charge >= 0.3 is 0 Å². The van der Waals surface area contributed by atoms with Crippen LogP contribution in [-0.4, -0.2) is 13.4 Å². The van der Waals surface area contributed by atoms with E-state index in [2.05, 4.69) is 358 Å². The van der Waals surface area contributed by atoms with E-state index in [1.54, 1.807) is 0 Å². The Bertz CT molecular complexity index is 5020. The molecule has 4 heteroatoms. The highest BCUT2D eigenvalue weighted by Crippen LogP contribution is 2.57. The van der Waals surface area contributed by atoms with Gasteiger partial charge < -0.3 is 9.80 Å². The molecule has 4 aliphatic rings. The second kappa shape index (κ2) is 21.5. The minimum atomic E-state index is -0.235. The molecule has 12 aromatic rings. The Hall–Kier alpha value is -8.59. The molecule has 0 fully saturated rings. The minimum Gasteiger partial charge on any atom is -0.311 e. The van der Waals surface area contributed by atoms with E-state index in [0.717, 1.165) is 0 Å². The van der Waals surface area contributed by atoms with Crippen LogP contribution in [0.2, 0.25) is 0 Å². The van der Waals surface area contributed by atoms with Crippen molar-refractivity contribution in [3.8, 4) is 44.5 Å². The van der Waals surface area contributed by atoms with Crippen molar-refractivity contribution >= 4 is 113 Å². The van der Waals surface area contributed by atoms with Crippen LogP contribution in [0.1, 0.15) is 211 Å². The van der Waals surface area contributed by atoms with Crippen LogP contribution in [-0.2, 0) is 43.3 Å². The third-order valence-electron chi connectivity index (χ3n) is 23.3. The van der Waals surface area contributed by atoms with Crippen molar-refractivity contribution in [1.82, 2.24) is 0 Å². The van der Waals surface area contributed by atoms with Crippen molar-refractivity contribution in [1.29, 1.82) is 0 Å². The number of nitrogens with zero attached hydrogens (tertiary/aromatic N) is 2. The van der Waals surface area contributed by atoms with Gasteiger partial charge in [-0.2, -0.15) is 0 Å². The van der Waals surface area contributed by atoms with Crippen LogP contribution in [0.15, 0.2) is 182 Å². The lowest BCUT2D eigenvalue weighted by atomic mass is 9.31. The SMILES string of the molecule is CC(C)(C)c1cc2c3c(c1)N(c1ccccc1)c1ccccc1B3c1cc3c(-c4c(C(C)(C)C)cc(C(C)(C)C)cc4C(C)(C)C)cc4c5c(cc6c(-c7c(C(C)(C)C)cc(C(C)(C)C)cc7C(C)(C)C)cc-2c1c6c35)B1c2ccccc2N(c2ccccc2)c2cc(C(C)(C)C)cc-4c21. The molecule has 4 aliphatic heterocycles. The average molecular weight is 1310 g/mol. The summed E-state index contributed by atoms with van der Waals surface area (Å²) < 4.78 is 0. The van der Waals surface area contributed by atoms with Crippen LogP contribution < -0.4 is 42.6 Å². The summed E-state index contributed by atoms with van der Waals surface area (Å²) in [5, 5.41) is 8.26. The molecule has 12 aromatic carbocycles. The predicted molar refractivity (Wildman–Crippen MR) is 440 cm³/mol.